The third-order valence-electron chi connectivity index (χ3n) is 5.11. The van der Waals surface area contributed by atoms with Gasteiger partial charge in [0.25, 0.3) is 0 Å². The minimum Gasteiger partial charge on any atom is -0.492 e. The number of primary amides is 1. The number of hydrogen-bond donors (Lipinski definition) is 2. The molecule has 28 heavy (non-hydrogen) atoms. The summed E-state index contributed by atoms with van der Waals surface area (Å²) in [5.41, 5.74) is 5.92. The molecule has 0 saturated carbocycles. The van der Waals surface area contributed by atoms with Crippen molar-refractivity contribution >= 4 is 22.2 Å². The van der Waals surface area contributed by atoms with Gasteiger partial charge in [0.05, 0.1) is 10.9 Å². The van der Waals surface area contributed by atoms with Crippen LogP contribution in [0.15, 0.2) is 18.2 Å². The monoisotopic (exact) mass is 407 g/mol. The number of aryl methyl sites for hydroxylation is 1. The molecule has 0 aliphatic carbocycles. The lowest BCUT2D eigenvalue weighted by Gasteiger charge is -2.36. The number of rotatable bonds is 4. The van der Waals surface area contributed by atoms with Crippen molar-refractivity contribution in [3.63, 3.8) is 0 Å². The van der Waals surface area contributed by atoms with Crippen LogP contribution in [0.25, 0.3) is 4.96 Å². The molecule has 3 heterocycles. The van der Waals surface area contributed by atoms with Gasteiger partial charge in [0.1, 0.15) is 5.82 Å². The Kier molecular flexibility index (Phi) is 4.76. The first-order valence-electron chi connectivity index (χ1n) is 8.88. The van der Waals surface area contributed by atoms with E-state index in [4.69, 9.17) is 5.73 Å². The number of carbonyl (C=O) groups is 1. The largest absolute Gasteiger partial charge is 0.492 e. The number of nitrogens with zero attached hydrogens (tertiary/aromatic N) is 4. The molecule has 1 atom stereocenters. The standard InChI is InChI=1S/C18H19F2N5O2S/c1-9-22-18-25(23-9)17(27)15(28-18)14(11-2-3-12(19)13(20)8-11)24-6-4-10(5-7-24)16(21)26/h2-3,8,10,14,27H,4-7H2,1H3,(H2,21,26). The molecule has 1 unspecified atom stereocenters. The second-order valence-electron chi connectivity index (χ2n) is 6.93. The van der Waals surface area contributed by atoms with E-state index in [1.807, 2.05) is 4.90 Å². The van der Waals surface area contributed by atoms with Crippen molar-refractivity contribution in [2.75, 3.05) is 13.1 Å². The van der Waals surface area contributed by atoms with E-state index in [2.05, 4.69) is 10.1 Å². The minimum absolute atomic E-state index is 0.0765. The average molecular weight is 407 g/mol. The van der Waals surface area contributed by atoms with Gasteiger partial charge in [-0.15, -0.1) is 5.10 Å². The molecule has 1 amide bonds. The van der Waals surface area contributed by atoms with Crippen LogP contribution in [0.1, 0.15) is 35.1 Å². The smallest absolute Gasteiger partial charge is 0.230 e. The van der Waals surface area contributed by atoms with E-state index in [0.29, 0.717) is 47.2 Å². The summed E-state index contributed by atoms with van der Waals surface area (Å²) in [4.78, 5) is 18.8. The van der Waals surface area contributed by atoms with Gasteiger partial charge in [0.2, 0.25) is 16.7 Å². The number of aromatic nitrogens is 3. The summed E-state index contributed by atoms with van der Waals surface area (Å²) < 4.78 is 28.8. The van der Waals surface area contributed by atoms with Gasteiger partial charge in [-0.3, -0.25) is 9.69 Å². The lowest BCUT2D eigenvalue weighted by Crippen LogP contribution is -2.40. The van der Waals surface area contributed by atoms with Crippen LogP contribution in [0.3, 0.4) is 0 Å². The fourth-order valence-electron chi connectivity index (χ4n) is 3.68. The van der Waals surface area contributed by atoms with E-state index in [0.717, 1.165) is 12.1 Å². The van der Waals surface area contributed by atoms with Crippen LogP contribution in [-0.2, 0) is 4.79 Å². The van der Waals surface area contributed by atoms with Gasteiger partial charge < -0.3 is 10.8 Å². The first-order valence-corrected chi connectivity index (χ1v) is 9.70. The van der Waals surface area contributed by atoms with Crippen LogP contribution < -0.4 is 5.73 Å². The molecule has 4 rings (SSSR count). The van der Waals surface area contributed by atoms with Crippen molar-refractivity contribution < 1.29 is 18.7 Å². The third-order valence-corrected chi connectivity index (χ3v) is 6.18. The van der Waals surface area contributed by atoms with E-state index in [1.54, 1.807) is 6.92 Å². The molecule has 1 saturated heterocycles. The summed E-state index contributed by atoms with van der Waals surface area (Å²) in [6, 6.07) is 3.20. The zero-order valence-electron chi connectivity index (χ0n) is 15.1. The summed E-state index contributed by atoms with van der Waals surface area (Å²) in [5, 5.41) is 14.9. The van der Waals surface area contributed by atoms with Crippen LogP contribution in [0.4, 0.5) is 8.78 Å². The predicted octanol–water partition coefficient (Wildman–Crippen LogP) is 2.37. The Morgan fingerprint density at radius 2 is 2.04 bits per heavy atom. The Morgan fingerprint density at radius 3 is 2.64 bits per heavy atom. The van der Waals surface area contributed by atoms with Crippen LogP contribution in [-0.4, -0.2) is 43.6 Å². The number of aromatic hydroxyl groups is 1. The minimum atomic E-state index is -0.954. The van der Waals surface area contributed by atoms with Crippen LogP contribution in [0.2, 0.25) is 0 Å². The molecule has 3 N–H and O–H groups in total. The van der Waals surface area contributed by atoms with Crippen molar-refractivity contribution in [1.29, 1.82) is 0 Å². The van der Waals surface area contributed by atoms with Crippen LogP contribution >= 0.6 is 11.3 Å². The van der Waals surface area contributed by atoms with Crippen molar-refractivity contribution in [3.05, 3.63) is 46.1 Å². The van der Waals surface area contributed by atoms with Gasteiger partial charge in [-0.05, 0) is 50.6 Å². The molecule has 7 nitrogen and oxygen atoms in total. The molecule has 2 aromatic heterocycles. The Balaban J connectivity index is 1.76. The van der Waals surface area contributed by atoms with Crippen molar-refractivity contribution in [2.45, 2.75) is 25.8 Å². The third kappa shape index (κ3) is 3.22. The lowest BCUT2D eigenvalue weighted by atomic mass is 9.93. The lowest BCUT2D eigenvalue weighted by molar-refractivity contribution is -0.123. The number of piperidine rings is 1. The van der Waals surface area contributed by atoms with Gasteiger partial charge >= 0.3 is 0 Å². The number of carbonyl (C=O) groups excluding carboxylic acids is 1. The van der Waals surface area contributed by atoms with Gasteiger partial charge in [0.15, 0.2) is 11.6 Å². The Bertz CT molecular complexity index is 1040. The molecule has 0 bridgehead atoms. The highest BCUT2D eigenvalue weighted by Gasteiger charge is 2.33. The molecule has 0 spiro atoms. The molecule has 0 radical (unpaired) electrons. The molecule has 10 heteroatoms. The molecular weight excluding hydrogens is 388 g/mol. The highest BCUT2D eigenvalue weighted by atomic mass is 32.1. The Hall–Kier alpha value is -2.59. The number of nitrogens with two attached hydrogens (primary N) is 1. The molecule has 148 valence electrons. The first kappa shape index (κ1) is 18.8. The number of likely N-dealkylation sites (tertiary alicyclic amines) is 1. The number of amides is 1. The van der Waals surface area contributed by atoms with E-state index in [1.165, 1.54) is 21.9 Å². The van der Waals surface area contributed by atoms with Crippen LogP contribution in [0, 0.1) is 24.5 Å². The molecule has 1 aliphatic rings. The molecular formula is C18H19F2N5O2S. The maximum atomic E-state index is 13.9. The maximum absolute atomic E-state index is 13.9. The highest BCUT2D eigenvalue weighted by molar-refractivity contribution is 7.17. The van der Waals surface area contributed by atoms with Crippen molar-refractivity contribution in [2.24, 2.45) is 11.7 Å². The van der Waals surface area contributed by atoms with E-state index < -0.39 is 17.7 Å². The molecule has 1 aliphatic heterocycles. The second-order valence-corrected chi connectivity index (χ2v) is 7.94. The molecule has 3 aromatic rings. The predicted molar refractivity (Wildman–Crippen MR) is 99.0 cm³/mol. The van der Waals surface area contributed by atoms with Crippen molar-refractivity contribution in [1.82, 2.24) is 19.5 Å². The highest BCUT2D eigenvalue weighted by Crippen LogP contribution is 2.41. The fraction of sp³-hybridized carbons (Fsp3) is 0.389. The maximum Gasteiger partial charge on any atom is 0.230 e. The van der Waals surface area contributed by atoms with Crippen molar-refractivity contribution in [3.8, 4) is 5.88 Å². The quantitative estimate of drug-likeness (QED) is 0.692. The van der Waals surface area contributed by atoms with E-state index >= 15 is 0 Å². The zero-order valence-corrected chi connectivity index (χ0v) is 15.9. The summed E-state index contributed by atoms with van der Waals surface area (Å²) in [6.07, 6.45) is 1.13. The van der Waals surface area contributed by atoms with Gasteiger partial charge in [0, 0.05) is 5.92 Å². The molecule has 1 fully saturated rings. The van der Waals surface area contributed by atoms with Gasteiger partial charge in [-0.2, -0.15) is 4.52 Å². The first-order chi connectivity index (χ1) is 13.3. The topological polar surface area (TPSA) is 96.8 Å². The zero-order chi connectivity index (χ0) is 20.0. The Labute approximate surface area is 163 Å². The molecule has 1 aromatic carbocycles. The normalized spacial score (nSPS) is 17.2. The summed E-state index contributed by atoms with van der Waals surface area (Å²) in [6.45, 7) is 2.78. The van der Waals surface area contributed by atoms with Gasteiger partial charge in [-0.1, -0.05) is 17.4 Å². The van der Waals surface area contributed by atoms with Gasteiger partial charge in [-0.25, -0.2) is 13.8 Å². The van der Waals surface area contributed by atoms with Crippen LogP contribution in [0.5, 0.6) is 5.88 Å². The number of hydrogen-bond acceptors (Lipinski definition) is 6. The summed E-state index contributed by atoms with van der Waals surface area (Å²) in [7, 11) is 0. The summed E-state index contributed by atoms with van der Waals surface area (Å²) in [5.74, 6) is -1.98. The van der Waals surface area contributed by atoms with E-state index in [-0.39, 0.29) is 17.7 Å². The number of benzene rings is 1. The Morgan fingerprint density at radius 1 is 1.32 bits per heavy atom. The number of halogens is 2. The second kappa shape index (κ2) is 7.10. The van der Waals surface area contributed by atoms with E-state index in [9.17, 15) is 18.7 Å². The fourth-order valence-corrected chi connectivity index (χ4v) is 4.84. The number of thiazole rings is 1. The average Bonchev–Trinajstić information content (AvgIpc) is 3.16. The summed E-state index contributed by atoms with van der Waals surface area (Å²) >= 11 is 1.25. The SMILES string of the molecule is Cc1nc2sc(C(c3ccc(F)c(F)c3)N3CCC(C(N)=O)CC3)c(O)n2n1. The number of fused-ring (bicyclic) bond motifs is 1.